The number of likely N-dealkylation sites (N-methyl/N-ethyl adjacent to an activating group) is 1. The Hall–Kier alpha value is -6.06. The highest BCUT2D eigenvalue weighted by atomic mass is 19.1. The summed E-state index contributed by atoms with van der Waals surface area (Å²) in [4.78, 5) is 64.1. The Kier molecular flexibility index (Phi) is 11.5. The summed E-state index contributed by atoms with van der Waals surface area (Å²) in [6.07, 6.45) is 2.05. The quantitative estimate of drug-likeness (QED) is 0.185. The Morgan fingerprint density at radius 3 is 2.47 bits per heavy atom. The van der Waals surface area contributed by atoms with Crippen molar-refractivity contribution in [3.05, 3.63) is 106 Å². The van der Waals surface area contributed by atoms with E-state index in [0.29, 0.717) is 6.07 Å². The number of aromatic nitrogens is 2. The van der Waals surface area contributed by atoms with Gasteiger partial charge in [0.1, 0.15) is 47.1 Å². The number of hydrogen-bond acceptors (Lipinski definition) is 7. The van der Waals surface area contributed by atoms with Crippen LogP contribution in [0, 0.1) is 17.5 Å². The number of allylic oxidation sites excluding steroid dienone is 1. The molecule has 13 nitrogen and oxygen atoms in total. The van der Waals surface area contributed by atoms with Crippen molar-refractivity contribution >= 4 is 40.6 Å². The van der Waals surface area contributed by atoms with Crippen LogP contribution in [0.25, 0.3) is 10.9 Å². The van der Waals surface area contributed by atoms with Crippen LogP contribution in [0.2, 0.25) is 0 Å². The number of carbonyl (C=O) groups is 4. The van der Waals surface area contributed by atoms with E-state index < -0.39 is 53.8 Å². The number of alkyl carbamates (subject to hydrolysis) is 1. The molecule has 0 aliphatic rings. The number of carbonyl (C=O) groups excluding carboxylic acids is 3. The Morgan fingerprint density at radius 1 is 1.04 bits per heavy atom. The highest BCUT2D eigenvalue weighted by Gasteiger charge is 2.23. The van der Waals surface area contributed by atoms with E-state index in [1.54, 1.807) is 14.1 Å². The minimum absolute atomic E-state index is 0.0146. The van der Waals surface area contributed by atoms with E-state index in [-0.39, 0.29) is 58.9 Å². The van der Waals surface area contributed by atoms with Gasteiger partial charge < -0.3 is 34.7 Å². The number of methoxy groups -OCH3 is 1. The summed E-state index contributed by atoms with van der Waals surface area (Å²) in [7, 11) is 4.26. The van der Waals surface area contributed by atoms with E-state index >= 15 is 0 Å². The maximum Gasteiger partial charge on any atom is 0.416 e. The van der Waals surface area contributed by atoms with Gasteiger partial charge in [-0.1, -0.05) is 6.08 Å². The van der Waals surface area contributed by atoms with E-state index in [4.69, 9.17) is 4.74 Å². The first-order valence-electron chi connectivity index (χ1n) is 14.7. The van der Waals surface area contributed by atoms with Crippen LogP contribution < -0.4 is 20.9 Å². The van der Waals surface area contributed by atoms with Crippen LogP contribution in [0.1, 0.15) is 24.1 Å². The lowest BCUT2D eigenvalue weighted by atomic mass is 10.1. The van der Waals surface area contributed by atoms with Gasteiger partial charge in [0.25, 0.3) is 5.56 Å². The van der Waals surface area contributed by atoms with Crippen molar-refractivity contribution in [3.63, 3.8) is 0 Å². The van der Waals surface area contributed by atoms with Crippen molar-refractivity contribution in [2.24, 2.45) is 0 Å². The van der Waals surface area contributed by atoms with Crippen molar-refractivity contribution in [2.45, 2.75) is 32.0 Å². The third-order valence-corrected chi connectivity index (χ3v) is 7.22. The van der Waals surface area contributed by atoms with Crippen LogP contribution in [-0.2, 0) is 27.5 Å². The van der Waals surface area contributed by atoms with Gasteiger partial charge in [0, 0.05) is 43.4 Å². The summed E-state index contributed by atoms with van der Waals surface area (Å²) < 4.78 is 54.2. The van der Waals surface area contributed by atoms with E-state index in [0.717, 1.165) is 40.5 Å². The van der Waals surface area contributed by atoms with Crippen LogP contribution in [0.15, 0.2) is 71.7 Å². The van der Waals surface area contributed by atoms with Gasteiger partial charge in [-0.25, -0.2) is 27.3 Å². The van der Waals surface area contributed by atoms with E-state index in [9.17, 15) is 42.3 Å². The maximum absolute atomic E-state index is 14.6. The average Bonchev–Trinajstić information content (AvgIpc) is 3.41. The molecule has 2 heterocycles. The van der Waals surface area contributed by atoms with Gasteiger partial charge in [-0.05, 0) is 55.3 Å². The van der Waals surface area contributed by atoms with Crippen molar-refractivity contribution in [1.29, 1.82) is 0 Å². The second-order valence-electron chi connectivity index (χ2n) is 10.9. The molecule has 1 unspecified atom stereocenters. The van der Waals surface area contributed by atoms with Gasteiger partial charge in [-0.2, -0.15) is 0 Å². The third kappa shape index (κ3) is 8.85. The second-order valence-corrected chi connectivity index (χ2v) is 10.9. The predicted octanol–water partition coefficient (Wildman–Crippen LogP) is 4.46. The number of amides is 3. The Balaban J connectivity index is 1.60. The zero-order valence-electron chi connectivity index (χ0n) is 26.5. The average molecular weight is 684 g/mol. The molecule has 49 heavy (non-hydrogen) atoms. The number of hydrogen-bond donors (Lipinski definition) is 3. The molecule has 0 saturated heterocycles. The first-order chi connectivity index (χ1) is 23.3. The molecule has 0 saturated carbocycles. The molecule has 4 aromatic rings. The van der Waals surface area contributed by atoms with Gasteiger partial charge in [-0.15, -0.1) is 0 Å². The minimum Gasteiger partial charge on any atom is -0.486 e. The molecule has 3 N–H and O–H groups in total. The number of halogens is 3. The molecule has 4 rings (SSSR count). The van der Waals surface area contributed by atoms with Crippen molar-refractivity contribution in [2.75, 3.05) is 26.5 Å². The number of fused-ring (bicyclic) bond motifs is 1. The molecule has 0 aliphatic heterocycles. The molecule has 0 bridgehead atoms. The van der Waals surface area contributed by atoms with E-state index in [2.05, 4.69) is 15.4 Å². The minimum atomic E-state index is -1.50. The summed E-state index contributed by atoms with van der Waals surface area (Å²) in [5.41, 5.74) is -1.06. The maximum atomic E-state index is 14.6. The number of rotatable bonds is 12. The largest absolute Gasteiger partial charge is 0.486 e. The smallest absolute Gasteiger partial charge is 0.416 e. The molecule has 0 aliphatic carbocycles. The number of pyridine rings is 1. The predicted molar refractivity (Wildman–Crippen MR) is 171 cm³/mol. The van der Waals surface area contributed by atoms with E-state index in [1.807, 2.05) is 0 Å². The number of nitrogens with one attached hydrogen (secondary N) is 2. The van der Waals surface area contributed by atoms with Crippen molar-refractivity contribution in [1.82, 2.24) is 19.4 Å². The van der Waals surface area contributed by atoms with Crippen LogP contribution in [-0.4, -0.2) is 70.4 Å². The van der Waals surface area contributed by atoms with Gasteiger partial charge in [0.05, 0.1) is 19.3 Å². The number of carboxylic acid groups (broad SMARTS) is 1. The van der Waals surface area contributed by atoms with Gasteiger partial charge >= 0.3 is 12.2 Å². The molecule has 1 atom stereocenters. The normalized spacial score (nSPS) is 11.7. The first kappa shape index (κ1) is 35.8. The number of nitrogens with zero attached hydrogens (tertiary/aromatic N) is 3. The fraction of sp³-hybridized carbons (Fsp3) is 0.242. The molecule has 16 heteroatoms. The fourth-order valence-corrected chi connectivity index (χ4v) is 4.79. The van der Waals surface area contributed by atoms with Gasteiger partial charge in [-0.3, -0.25) is 14.4 Å². The zero-order chi connectivity index (χ0) is 35.8. The Labute approximate surface area is 277 Å². The molecule has 0 radical (unpaired) electrons. The zero-order valence-corrected chi connectivity index (χ0v) is 26.5. The molecule has 2 aromatic carbocycles. The lowest BCUT2D eigenvalue weighted by Gasteiger charge is -2.17. The monoisotopic (exact) mass is 683 g/mol. The summed E-state index contributed by atoms with van der Waals surface area (Å²) in [6, 6.07) is 7.69. The first-order valence-corrected chi connectivity index (χ1v) is 14.7. The van der Waals surface area contributed by atoms with Crippen molar-refractivity contribution in [3.8, 4) is 5.75 Å². The Bertz CT molecular complexity index is 1990. The lowest BCUT2D eigenvalue weighted by molar-refractivity contribution is -0.123. The SMILES string of the molecule is COC(=O)NC(CCC=CC(=O)N(C)C)C(=O)Nc1cccn(Cc2cc3cc(F)cc(OCc4ccc(F)cc4F)c3n2C(=O)O)c1=O. The number of benzene rings is 2. The molecule has 258 valence electrons. The van der Waals surface area contributed by atoms with Crippen LogP contribution in [0.3, 0.4) is 0 Å². The highest BCUT2D eigenvalue weighted by Crippen LogP contribution is 2.32. The fourth-order valence-electron chi connectivity index (χ4n) is 4.79. The number of ether oxygens (including phenoxy) is 2. The van der Waals surface area contributed by atoms with Gasteiger partial charge in [0.2, 0.25) is 11.8 Å². The molecular formula is C33H32F3N5O8. The molecule has 0 spiro atoms. The van der Waals surface area contributed by atoms with Crippen LogP contribution in [0.5, 0.6) is 5.75 Å². The van der Waals surface area contributed by atoms with Crippen molar-refractivity contribution < 1.29 is 46.9 Å². The van der Waals surface area contributed by atoms with Gasteiger partial charge in [0.15, 0.2) is 0 Å². The molecule has 0 fully saturated rings. The molecular weight excluding hydrogens is 651 g/mol. The Morgan fingerprint density at radius 2 is 1.80 bits per heavy atom. The third-order valence-electron chi connectivity index (χ3n) is 7.22. The highest BCUT2D eigenvalue weighted by molar-refractivity contribution is 5.96. The molecule has 3 amide bonds. The molecule has 2 aromatic heterocycles. The lowest BCUT2D eigenvalue weighted by Crippen LogP contribution is -2.44. The standard InChI is InChI=1S/C33H32F3N5O8/c1-39(2)28(42)9-5-4-7-25(38-32(45)48-3)30(43)37-26-8-6-12-40(31(26)44)17-23-14-20-13-22(35)16-27(29(20)41(23)33(46)47)49-18-19-10-11-21(34)15-24(19)36/h5-6,8-16,25H,4,7,17-18H2,1-3H3,(H,37,43)(H,38,45)(H,46,47). The second kappa shape index (κ2) is 15.7. The topological polar surface area (TPSA) is 161 Å². The summed E-state index contributed by atoms with van der Waals surface area (Å²) in [5.74, 6) is -3.78. The van der Waals surface area contributed by atoms with Crippen LogP contribution in [0.4, 0.5) is 28.4 Å². The van der Waals surface area contributed by atoms with Crippen LogP contribution >= 0.6 is 0 Å². The summed E-state index contributed by atoms with van der Waals surface area (Å²) >= 11 is 0. The van der Waals surface area contributed by atoms with E-state index in [1.165, 1.54) is 41.4 Å². The number of anilines is 1. The summed E-state index contributed by atoms with van der Waals surface area (Å²) in [5, 5.41) is 15.1. The summed E-state index contributed by atoms with van der Waals surface area (Å²) in [6.45, 7) is -0.825.